The summed E-state index contributed by atoms with van der Waals surface area (Å²) in [5.41, 5.74) is 2.79. The molecule has 0 amide bonds. The van der Waals surface area contributed by atoms with Crippen LogP contribution in [-0.4, -0.2) is 24.9 Å². The fourth-order valence-electron chi connectivity index (χ4n) is 3.10. The summed E-state index contributed by atoms with van der Waals surface area (Å²) >= 11 is 3.37. The largest absolute Gasteiger partial charge is 0.493 e. The number of halogens is 1. The molecule has 0 radical (unpaired) electrons. The molecule has 0 bridgehead atoms. The summed E-state index contributed by atoms with van der Waals surface area (Å²) in [6.07, 6.45) is 1.59. The van der Waals surface area contributed by atoms with Gasteiger partial charge in [0.15, 0.2) is 17.2 Å². The Bertz CT molecular complexity index is 1260. The smallest absolute Gasteiger partial charge is 0.363 e. The van der Waals surface area contributed by atoms with E-state index >= 15 is 0 Å². The van der Waals surface area contributed by atoms with E-state index < -0.39 is 11.9 Å². The zero-order chi connectivity index (χ0) is 22.7. The van der Waals surface area contributed by atoms with Gasteiger partial charge < -0.3 is 14.2 Å². The van der Waals surface area contributed by atoms with Crippen molar-refractivity contribution in [3.63, 3.8) is 0 Å². The van der Waals surface area contributed by atoms with Gasteiger partial charge in [0.2, 0.25) is 5.90 Å². The van der Waals surface area contributed by atoms with Crippen molar-refractivity contribution in [1.29, 1.82) is 0 Å². The number of benzene rings is 3. The van der Waals surface area contributed by atoms with E-state index in [9.17, 15) is 9.59 Å². The number of hydrogen-bond acceptors (Lipinski definition) is 6. The highest BCUT2D eigenvalue weighted by atomic mass is 79.9. The van der Waals surface area contributed by atoms with E-state index in [0.29, 0.717) is 22.4 Å². The van der Waals surface area contributed by atoms with Gasteiger partial charge in [-0.15, -0.1) is 0 Å². The van der Waals surface area contributed by atoms with Gasteiger partial charge in [0, 0.05) is 10.0 Å². The maximum atomic E-state index is 12.5. The fourth-order valence-corrected chi connectivity index (χ4v) is 3.36. The molecule has 0 spiro atoms. The van der Waals surface area contributed by atoms with Crippen LogP contribution >= 0.6 is 15.9 Å². The second-order valence-corrected chi connectivity index (χ2v) is 7.87. The average molecular weight is 492 g/mol. The van der Waals surface area contributed by atoms with Crippen molar-refractivity contribution >= 4 is 39.8 Å². The van der Waals surface area contributed by atoms with Crippen molar-refractivity contribution in [2.24, 2.45) is 4.99 Å². The number of rotatable bonds is 5. The number of aryl methyl sites for hydroxylation is 1. The average Bonchev–Trinajstić information content (AvgIpc) is 3.15. The number of methoxy groups -OCH3 is 1. The number of hydrogen-bond donors (Lipinski definition) is 0. The first-order valence-corrected chi connectivity index (χ1v) is 10.5. The van der Waals surface area contributed by atoms with E-state index in [1.165, 1.54) is 7.11 Å². The van der Waals surface area contributed by atoms with E-state index in [-0.39, 0.29) is 17.3 Å². The summed E-state index contributed by atoms with van der Waals surface area (Å²) in [6, 6.07) is 19.4. The zero-order valence-electron chi connectivity index (χ0n) is 17.3. The molecule has 0 fully saturated rings. The van der Waals surface area contributed by atoms with Gasteiger partial charge in [0.05, 0.1) is 12.7 Å². The highest BCUT2D eigenvalue weighted by Crippen LogP contribution is 2.31. The molecule has 4 rings (SSSR count). The number of carbonyl (C=O) groups excluding carboxylic acids is 2. The lowest BCUT2D eigenvalue weighted by molar-refractivity contribution is -0.129. The van der Waals surface area contributed by atoms with Crippen LogP contribution in [0.25, 0.3) is 6.08 Å². The van der Waals surface area contributed by atoms with Crippen molar-refractivity contribution in [1.82, 2.24) is 0 Å². The van der Waals surface area contributed by atoms with E-state index in [4.69, 9.17) is 14.2 Å². The summed E-state index contributed by atoms with van der Waals surface area (Å²) in [4.78, 5) is 29.1. The third kappa shape index (κ3) is 4.63. The van der Waals surface area contributed by atoms with Gasteiger partial charge in [-0.2, -0.15) is 0 Å². The molecule has 6 nitrogen and oxygen atoms in total. The molecule has 3 aromatic carbocycles. The summed E-state index contributed by atoms with van der Waals surface area (Å²) in [7, 11) is 1.48. The first-order valence-electron chi connectivity index (χ1n) is 9.69. The van der Waals surface area contributed by atoms with E-state index in [1.54, 1.807) is 48.5 Å². The maximum Gasteiger partial charge on any atom is 0.363 e. The molecule has 7 heteroatoms. The van der Waals surface area contributed by atoms with Crippen molar-refractivity contribution < 1.29 is 23.8 Å². The van der Waals surface area contributed by atoms with Gasteiger partial charge in [0.25, 0.3) is 0 Å². The van der Waals surface area contributed by atoms with E-state index in [2.05, 4.69) is 20.9 Å². The summed E-state index contributed by atoms with van der Waals surface area (Å²) in [5.74, 6) is -0.155. The molecule has 0 saturated carbocycles. The molecule has 0 N–H and O–H groups in total. The number of carbonyl (C=O) groups is 2. The van der Waals surface area contributed by atoms with Crippen LogP contribution in [0.5, 0.6) is 11.5 Å². The van der Waals surface area contributed by atoms with Gasteiger partial charge in [-0.25, -0.2) is 14.6 Å². The number of ether oxygens (including phenoxy) is 3. The minimum Gasteiger partial charge on any atom is -0.493 e. The number of cyclic esters (lactones) is 1. The van der Waals surface area contributed by atoms with Crippen LogP contribution in [0, 0.1) is 6.92 Å². The molecule has 0 saturated heterocycles. The molecule has 0 unspecified atom stereocenters. The first kappa shape index (κ1) is 21.5. The third-order valence-electron chi connectivity index (χ3n) is 4.77. The van der Waals surface area contributed by atoms with Crippen LogP contribution in [0.1, 0.15) is 27.0 Å². The molecule has 1 aliphatic heterocycles. The summed E-state index contributed by atoms with van der Waals surface area (Å²) < 4.78 is 17.1. The Morgan fingerprint density at radius 2 is 1.78 bits per heavy atom. The van der Waals surface area contributed by atoms with Crippen LogP contribution in [0.15, 0.2) is 81.9 Å². The molecule has 1 aliphatic rings. The van der Waals surface area contributed by atoms with E-state index in [0.717, 1.165) is 10.0 Å². The molecular formula is C25H18BrNO5. The van der Waals surface area contributed by atoms with Gasteiger partial charge in [-0.1, -0.05) is 40.2 Å². The van der Waals surface area contributed by atoms with Crippen LogP contribution in [0.2, 0.25) is 0 Å². The third-order valence-corrected chi connectivity index (χ3v) is 5.30. The van der Waals surface area contributed by atoms with Crippen LogP contribution < -0.4 is 9.47 Å². The lowest BCUT2D eigenvalue weighted by Gasteiger charge is -2.11. The second-order valence-electron chi connectivity index (χ2n) is 6.96. The number of nitrogens with zero attached hydrogens (tertiary/aromatic N) is 1. The van der Waals surface area contributed by atoms with Gasteiger partial charge in [-0.3, -0.25) is 0 Å². The predicted octanol–water partition coefficient (Wildman–Crippen LogP) is 5.33. The van der Waals surface area contributed by atoms with Crippen LogP contribution in [0.3, 0.4) is 0 Å². The Balaban J connectivity index is 1.58. The van der Waals surface area contributed by atoms with E-state index in [1.807, 2.05) is 31.2 Å². The minimum absolute atomic E-state index is 0.162. The number of esters is 2. The van der Waals surface area contributed by atoms with Crippen LogP contribution in [-0.2, 0) is 9.53 Å². The topological polar surface area (TPSA) is 74.2 Å². The van der Waals surface area contributed by atoms with Crippen molar-refractivity contribution in [2.45, 2.75) is 6.92 Å². The normalized spacial score (nSPS) is 14.2. The Labute approximate surface area is 193 Å². The fraction of sp³-hybridized carbons (Fsp3) is 0.0800. The maximum absolute atomic E-state index is 12.5. The summed E-state index contributed by atoms with van der Waals surface area (Å²) in [6.45, 7) is 1.84. The lowest BCUT2D eigenvalue weighted by atomic mass is 10.1. The van der Waals surface area contributed by atoms with Gasteiger partial charge in [-0.05, 0) is 66.6 Å². The second kappa shape index (κ2) is 9.20. The summed E-state index contributed by atoms with van der Waals surface area (Å²) in [5, 5.41) is 0. The molecular weight excluding hydrogens is 474 g/mol. The highest BCUT2D eigenvalue weighted by molar-refractivity contribution is 9.10. The predicted molar refractivity (Wildman–Crippen MR) is 124 cm³/mol. The minimum atomic E-state index is -0.544. The Kier molecular flexibility index (Phi) is 6.18. The Morgan fingerprint density at radius 3 is 2.50 bits per heavy atom. The SMILES string of the molecule is COc1cc(/C=C2\N=C(c3ccc(Br)cc3)OC2=O)ccc1OC(=O)c1ccccc1C. The molecule has 0 aliphatic carbocycles. The van der Waals surface area contributed by atoms with Crippen molar-refractivity contribution in [3.8, 4) is 11.5 Å². The van der Waals surface area contributed by atoms with Crippen LogP contribution in [0.4, 0.5) is 0 Å². The monoisotopic (exact) mass is 491 g/mol. The first-order chi connectivity index (χ1) is 15.4. The van der Waals surface area contributed by atoms with Crippen molar-refractivity contribution in [3.05, 3.63) is 99.2 Å². The molecule has 0 atom stereocenters. The van der Waals surface area contributed by atoms with Gasteiger partial charge in [0.1, 0.15) is 0 Å². The Morgan fingerprint density at radius 1 is 1.03 bits per heavy atom. The zero-order valence-corrected chi connectivity index (χ0v) is 18.9. The Hall–Kier alpha value is -3.71. The standard InChI is InChI=1S/C25H18BrNO5/c1-15-5-3-4-6-19(15)24(28)31-21-12-7-16(14-22(21)30-2)13-20-25(29)32-23(27-20)17-8-10-18(26)11-9-17/h3-14H,1-2H3/b20-13-. The highest BCUT2D eigenvalue weighted by Gasteiger charge is 2.24. The van der Waals surface area contributed by atoms with Gasteiger partial charge >= 0.3 is 11.9 Å². The molecule has 32 heavy (non-hydrogen) atoms. The lowest BCUT2D eigenvalue weighted by Crippen LogP contribution is -2.10. The molecule has 0 aromatic heterocycles. The number of aliphatic imine (C=N–C) groups is 1. The quantitative estimate of drug-likeness (QED) is 0.274. The van der Waals surface area contributed by atoms with Crippen molar-refractivity contribution in [2.75, 3.05) is 7.11 Å². The molecule has 160 valence electrons. The molecule has 3 aromatic rings. The molecule has 1 heterocycles.